The molecule has 0 saturated heterocycles. The van der Waals surface area contributed by atoms with E-state index in [0.29, 0.717) is 17.5 Å². The van der Waals surface area contributed by atoms with E-state index in [4.69, 9.17) is 4.74 Å². The van der Waals surface area contributed by atoms with Crippen LogP contribution in [0.25, 0.3) is 10.8 Å². The van der Waals surface area contributed by atoms with Gasteiger partial charge >= 0.3 is 0 Å². The fraction of sp³-hybridized carbons (Fsp3) is 0.304. The van der Waals surface area contributed by atoms with Gasteiger partial charge in [-0.3, -0.25) is 4.79 Å². The minimum Gasteiger partial charge on any atom is -0.438 e. The maximum Gasteiger partial charge on any atom is 0.219 e. The van der Waals surface area contributed by atoms with Crippen molar-refractivity contribution in [2.45, 2.75) is 44.7 Å². The Morgan fingerprint density at radius 2 is 1.81 bits per heavy atom. The molecule has 1 aliphatic carbocycles. The Bertz CT molecular complexity index is 915. The van der Waals surface area contributed by atoms with Crippen LogP contribution in [0.5, 0.6) is 11.6 Å². The highest BCUT2D eigenvalue weighted by Crippen LogP contribution is 2.31. The van der Waals surface area contributed by atoms with Crippen molar-refractivity contribution in [2.24, 2.45) is 0 Å². The molecule has 0 bridgehead atoms. The van der Waals surface area contributed by atoms with Crippen molar-refractivity contribution in [1.29, 1.82) is 0 Å². The molecule has 1 heterocycles. The molecule has 4 heteroatoms. The SMILES string of the molecule is O=Cc1ccc(Oc2ccc(CNC3CCCCC3)c3ccccc23)nc1. The summed E-state index contributed by atoms with van der Waals surface area (Å²) in [6.45, 7) is 0.873. The molecule has 27 heavy (non-hydrogen) atoms. The normalized spacial score (nSPS) is 15.0. The zero-order valence-electron chi connectivity index (χ0n) is 15.4. The molecule has 0 spiro atoms. The smallest absolute Gasteiger partial charge is 0.219 e. The fourth-order valence-electron chi connectivity index (χ4n) is 3.77. The number of carbonyl (C=O) groups is 1. The topological polar surface area (TPSA) is 51.2 Å². The Kier molecular flexibility index (Phi) is 5.45. The maximum absolute atomic E-state index is 10.8. The van der Waals surface area contributed by atoms with Crippen LogP contribution in [-0.2, 0) is 6.54 Å². The number of rotatable bonds is 6. The number of fused-ring (bicyclic) bond motifs is 1. The van der Waals surface area contributed by atoms with Gasteiger partial charge in [0.15, 0.2) is 6.29 Å². The second-order valence-electron chi connectivity index (χ2n) is 7.13. The van der Waals surface area contributed by atoms with Crippen LogP contribution in [0.1, 0.15) is 48.0 Å². The maximum atomic E-state index is 10.8. The van der Waals surface area contributed by atoms with Crippen LogP contribution in [0.15, 0.2) is 54.7 Å². The van der Waals surface area contributed by atoms with E-state index in [2.05, 4.69) is 34.6 Å². The Labute approximate surface area is 159 Å². The predicted molar refractivity (Wildman–Crippen MR) is 107 cm³/mol. The molecule has 0 radical (unpaired) electrons. The molecule has 1 saturated carbocycles. The summed E-state index contributed by atoms with van der Waals surface area (Å²) in [6, 6.07) is 16.5. The van der Waals surface area contributed by atoms with Crippen LogP contribution in [0.3, 0.4) is 0 Å². The fourth-order valence-corrected chi connectivity index (χ4v) is 3.77. The van der Waals surface area contributed by atoms with Gasteiger partial charge in [-0.1, -0.05) is 49.6 Å². The summed E-state index contributed by atoms with van der Waals surface area (Å²) >= 11 is 0. The molecular weight excluding hydrogens is 336 g/mol. The van der Waals surface area contributed by atoms with Gasteiger partial charge < -0.3 is 10.1 Å². The lowest BCUT2D eigenvalue weighted by atomic mass is 9.95. The van der Waals surface area contributed by atoms with Gasteiger partial charge in [-0.25, -0.2) is 4.98 Å². The molecule has 0 unspecified atom stereocenters. The minimum atomic E-state index is 0.485. The highest BCUT2D eigenvalue weighted by Gasteiger charge is 2.14. The molecule has 1 aromatic heterocycles. The first kappa shape index (κ1) is 17.7. The molecule has 2 aromatic carbocycles. The van der Waals surface area contributed by atoms with Crippen molar-refractivity contribution < 1.29 is 9.53 Å². The summed E-state index contributed by atoms with van der Waals surface area (Å²) in [5.74, 6) is 1.26. The van der Waals surface area contributed by atoms with Crippen molar-refractivity contribution in [3.63, 3.8) is 0 Å². The average molecular weight is 360 g/mol. The summed E-state index contributed by atoms with van der Waals surface area (Å²) in [6.07, 6.45) is 8.90. The van der Waals surface area contributed by atoms with Gasteiger partial charge in [0.05, 0.1) is 0 Å². The van der Waals surface area contributed by atoms with Gasteiger partial charge in [0.25, 0.3) is 0 Å². The molecule has 0 atom stereocenters. The molecular formula is C23H24N2O2. The van der Waals surface area contributed by atoms with E-state index in [-0.39, 0.29) is 0 Å². The van der Waals surface area contributed by atoms with Gasteiger partial charge in [-0.05, 0) is 35.9 Å². The number of aromatic nitrogens is 1. The highest BCUT2D eigenvalue weighted by molar-refractivity contribution is 5.91. The largest absolute Gasteiger partial charge is 0.438 e. The Morgan fingerprint density at radius 1 is 1.00 bits per heavy atom. The number of pyridine rings is 1. The van der Waals surface area contributed by atoms with Gasteiger partial charge in [-0.15, -0.1) is 0 Å². The van der Waals surface area contributed by atoms with E-state index in [9.17, 15) is 4.79 Å². The third kappa shape index (κ3) is 4.17. The van der Waals surface area contributed by atoms with E-state index < -0.39 is 0 Å². The zero-order valence-corrected chi connectivity index (χ0v) is 15.4. The van der Waals surface area contributed by atoms with Crippen molar-refractivity contribution in [3.8, 4) is 11.6 Å². The number of nitrogens with one attached hydrogen (secondary N) is 1. The number of aldehydes is 1. The van der Waals surface area contributed by atoms with E-state index >= 15 is 0 Å². The van der Waals surface area contributed by atoms with E-state index in [1.807, 2.05) is 12.1 Å². The number of carbonyl (C=O) groups excluding carboxylic acids is 1. The van der Waals surface area contributed by atoms with Crippen molar-refractivity contribution in [2.75, 3.05) is 0 Å². The van der Waals surface area contributed by atoms with Crippen LogP contribution < -0.4 is 10.1 Å². The quantitative estimate of drug-likeness (QED) is 0.609. The van der Waals surface area contributed by atoms with Crippen LogP contribution in [-0.4, -0.2) is 17.3 Å². The zero-order chi connectivity index (χ0) is 18.5. The molecule has 1 aliphatic rings. The molecule has 4 rings (SSSR count). The van der Waals surface area contributed by atoms with Gasteiger partial charge in [0.1, 0.15) is 5.75 Å². The molecule has 4 nitrogen and oxygen atoms in total. The first-order valence-corrected chi connectivity index (χ1v) is 9.66. The van der Waals surface area contributed by atoms with Crippen LogP contribution in [0.4, 0.5) is 0 Å². The summed E-state index contributed by atoms with van der Waals surface area (Å²) in [5, 5.41) is 5.99. The molecule has 3 aromatic rings. The second kappa shape index (κ2) is 8.31. The van der Waals surface area contributed by atoms with Gasteiger partial charge in [-0.2, -0.15) is 0 Å². The molecule has 0 amide bonds. The van der Waals surface area contributed by atoms with Crippen LogP contribution >= 0.6 is 0 Å². The van der Waals surface area contributed by atoms with E-state index in [1.54, 1.807) is 12.1 Å². The highest BCUT2D eigenvalue weighted by atomic mass is 16.5. The van der Waals surface area contributed by atoms with E-state index in [0.717, 1.165) is 24.0 Å². The lowest BCUT2D eigenvalue weighted by molar-refractivity contribution is 0.112. The summed E-state index contributed by atoms with van der Waals surface area (Å²) in [5.41, 5.74) is 1.82. The number of benzene rings is 2. The van der Waals surface area contributed by atoms with Gasteiger partial charge in [0.2, 0.25) is 5.88 Å². The van der Waals surface area contributed by atoms with Crippen LogP contribution in [0, 0.1) is 0 Å². The van der Waals surface area contributed by atoms with Crippen molar-refractivity contribution >= 4 is 17.1 Å². The number of hydrogen-bond acceptors (Lipinski definition) is 4. The number of nitrogens with zero attached hydrogens (tertiary/aromatic N) is 1. The standard InChI is InChI=1S/C23H24N2O2/c26-16-17-10-13-23(25-14-17)27-22-12-11-18(20-8-4-5-9-21(20)22)15-24-19-6-2-1-3-7-19/h4-5,8-14,16,19,24H,1-3,6-7,15H2. The molecule has 1 N–H and O–H groups in total. The second-order valence-corrected chi connectivity index (χ2v) is 7.13. The third-order valence-corrected chi connectivity index (χ3v) is 5.27. The van der Waals surface area contributed by atoms with Crippen LogP contribution in [0.2, 0.25) is 0 Å². The number of hydrogen-bond donors (Lipinski definition) is 1. The molecule has 138 valence electrons. The third-order valence-electron chi connectivity index (χ3n) is 5.27. The van der Waals surface area contributed by atoms with Gasteiger partial charge in [0, 0.05) is 35.8 Å². The van der Waals surface area contributed by atoms with Crippen molar-refractivity contribution in [1.82, 2.24) is 10.3 Å². The Balaban J connectivity index is 1.56. The average Bonchev–Trinajstić information content (AvgIpc) is 2.74. The number of ether oxygens (including phenoxy) is 1. The first-order valence-electron chi connectivity index (χ1n) is 9.66. The lowest BCUT2D eigenvalue weighted by Crippen LogP contribution is -2.30. The predicted octanol–water partition coefficient (Wildman–Crippen LogP) is 5.26. The summed E-state index contributed by atoms with van der Waals surface area (Å²) < 4.78 is 5.99. The van der Waals surface area contributed by atoms with E-state index in [1.165, 1.54) is 49.3 Å². The van der Waals surface area contributed by atoms with Crippen molar-refractivity contribution in [3.05, 3.63) is 65.9 Å². The minimum absolute atomic E-state index is 0.485. The lowest BCUT2D eigenvalue weighted by Gasteiger charge is -2.23. The molecule has 0 aliphatic heterocycles. The summed E-state index contributed by atoms with van der Waals surface area (Å²) in [7, 11) is 0. The Morgan fingerprint density at radius 3 is 2.56 bits per heavy atom. The molecule has 1 fully saturated rings. The monoisotopic (exact) mass is 360 g/mol. The first-order chi connectivity index (χ1) is 13.3. The Hall–Kier alpha value is -2.72. The summed E-state index contributed by atoms with van der Waals surface area (Å²) in [4.78, 5) is 15.0.